The van der Waals surface area contributed by atoms with Crippen LogP contribution in [-0.4, -0.2) is 17.8 Å². The van der Waals surface area contributed by atoms with E-state index < -0.39 is 0 Å². The first-order valence-corrected chi connectivity index (χ1v) is 5.78. The molecule has 0 radical (unpaired) electrons. The van der Waals surface area contributed by atoms with E-state index in [-0.39, 0.29) is 5.56 Å². The van der Waals surface area contributed by atoms with Gasteiger partial charge in [-0.25, -0.2) is 0 Å². The second-order valence-corrected chi connectivity index (χ2v) is 4.41. The summed E-state index contributed by atoms with van der Waals surface area (Å²) in [6, 6.07) is 3.98. The minimum absolute atomic E-state index is 0.0448. The number of methoxy groups -OCH3 is 1. The van der Waals surface area contributed by atoms with Crippen LogP contribution in [0.3, 0.4) is 0 Å². The van der Waals surface area contributed by atoms with E-state index in [0.717, 1.165) is 25.7 Å². The summed E-state index contributed by atoms with van der Waals surface area (Å²) >= 11 is 0. The number of hydrogen-bond acceptors (Lipinski definition) is 2. The van der Waals surface area contributed by atoms with E-state index in [1.165, 1.54) is 0 Å². The van der Waals surface area contributed by atoms with Crippen molar-refractivity contribution in [3.63, 3.8) is 0 Å². The Labute approximate surface area is 95.0 Å². The van der Waals surface area contributed by atoms with E-state index in [4.69, 9.17) is 4.74 Å². The van der Waals surface area contributed by atoms with Crippen LogP contribution in [0.1, 0.15) is 31.7 Å². The zero-order chi connectivity index (χ0) is 11.5. The molecule has 1 aromatic heterocycles. The van der Waals surface area contributed by atoms with Crippen molar-refractivity contribution in [3.05, 3.63) is 28.7 Å². The van der Waals surface area contributed by atoms with E-state index in [1.807, 2.05) is 16.8 Å². The van der Waals surface area contributed by atoms with Crippen molar-refractivity contribution >= 4 is 5.69 Å². The van der Waals surface area contributed by atoms with Gasteiger partial charge in [-0.15, -0.1) is 0 Å². The van der Waals surface area contributed by atoms with Crippen molar-refractivity contribution in [2.24, 2.45) is 0 Å². The van der Waals surface area contributed by atoms with Gasteiger partial charge in [-0.1, -0.05) is 0 Å². The van der Waals surface area contributed by atoms with Crippen LogP contribution in [0.2, 0.25) is 0 Å². The molecule has 88 valence electrons. The molecule has 0 aliphatic heterocycles. The normalized spacial score (nSPS) is 25.6. The molecule has 0 bridgehead atoms. The Hall–Kier alpha value is -1.13. The second kappa shape index (κ2) is 4.80. The summed E-state index contributed by atoms with van der Waals surface area (Å²) in [5.74, 6) is 0. The van der Waals surface area contributed by atoms with Gasteiger partial charge in [0.1, 0.15) is 0 Å². The molecule has 0 amide bonds. The molecule has 2 rings (SSSR count). The molecule has 4 heteroatoms. The monoisotopic (exact) mass is 223 g/mol. The number of hydrogen-bond donors (Lipinski definition) is 1. The highest BCUT2D eigenvalue weighted by atomic mass is 16.5. The Morgan fingerprint density at radius 2 is 2.06 bits per heavy atom. The standard InChI is InChI=1S/C12H18N2O2/c1-16-10-6-4-9(5-7-10)14-8-2-3-11(13)12(14)15/h2-3,8-10H,4-7,13H2,1H3/p+1. The van der Waals surface area contributed by atoms with Gasteiger partial charge >= 0.3 is 5.56 Å². The summed E-state index contributed by atoms with van der Waals surface area (Å²) in [6.45, 7) is 0. The molecule has 1 aliphatic rings. The zero-order valence-electron chi connectivity index (χ0n) is 9.69. The topological polar surface area (TPSA) is 58.9 Å². The average Bonchev–Trinajstić information content (AvgIpc) is 2.33. The van der Waals surface area contributed by atoms with E-state index in [9.17, 15) is 4.79 Å². The molecule has 0 unspecified atom stereocenters. The lowest BCUT2D eigenvalue weighted by Crippen LogP contribution is -2.48. The molecule has 16 heavy (non-hydrogen) atoms. The van der Waals surface area contributed by atoms with Gasteiger partial charge in [0.25, 0.3) is 0 Å². The fourth-order valence-corrected chi connectivity index (χ4v) is 2.40. The number of ether oxygens (including phenoxy) is 1. The summed E-state index contributed by atoms with van der Waals surface area (Å²) in [5, 5.41) is 0. The zero-order valence-corrected chi connectivity index (χ0v) is 9.69. The predicted molar refractivity (Wildman–Crippen MR) is 61.6 cm³/mol. The number of quaternary nitrogens is 1. The van der Waals surface area contributed by atoms with Crippen molar-refractivity contribution in [2.75, 3.05) is 7.11 Å². The summed E-state index contributed by atoms with van der Waals surface area (Å²) < 4.78 is 7.16. The molecular weight excluding hydrogens is 204 g/mol. The summed E-state index contributed by atoms with van der Waals surface area (Å²) in [4.78, 5) is 11.9. The molecule has 0 spiro atoms. The minimum atomic E-state index is 0.0448. The lowest BCUT2D eigenvalue weighted by Gasteiger charge is -2.28. The molecule has 4 nitrogen and oxygen atoms in total. The highest BCUT2D eigenvalue weighted by molar-refractivity contribution is 5.23. The molecule has 1 aromatic rings. The lowest BCUT2D eigenvalue weighted by molar-refractivity contribution is -0.257. The minimum Gasteiger partial charge on any atom is -0.381 e. The average molecular weight is 223 g/mol. The summed E-state index contributed by atoms with van der Waals surface area (Å²) in [6.07, 6.45) is 6.34. The Morgan fingerprint density at radius 1 is 1.38 bits per heavy atom. The van der Waals surface area contributed by atoms with Gasteiger partial charge in [0.2, 0.25) is 0 Å². The number of nitrogens with zero attached hydrogens (tertiary/aromatic N) is 1. The van der Waals surface area contributed by atoms with Crippen molar-refractivity contribution in [1.82, 2.24) is 4.57 Å². The fraction of sp³-hybridized carbons (Fsp3) is 0.583. The van der Waals surface area contributed by atoms with Crippen LogP contribution < -0.4 is 11.3 Å². The van der Waals surface area contributed by atoms with E-state index in [1.54, 1.807) is 13.2 Å². The molecule has 3 N–H and O–H groups in total. The van der Waals surface area contributed by atoms with Crippen LogP contribution in [0.4, 0.5) is 5.69 Å². The molecule has 0 saturated heterocycles. The predicted octanol–water partition coefficient (Wildman–Crippen LogP) is 0.852. The fourth-order valence-electron chi connectivity index (χ4n) is 2.40. The Kier molecular flexibility index (Phi) is 3.41. The number of aromatic nitrogens is 1. The van der Waals surface area contributed by atoms with Crippen LogP contribution in [0.5, 0.6) is 0 Å². The van der Waals surface area contributed by atoms with Crippen LogP contribution >= 0.6 is 0 Å². The molecule has 1 heterocycles. The van der Waals surface area contributed by atoms with Crippen LogP contribution in [0, 0.1) is 0 Å². The van der Waals surface area contributed by atoms with Gasteiger partial charge < -0.3 is 15.0 Å². The van der Waals surface area contributed by atoms with Crippen molar-refractivity contribution in [2.45, 2.75) is 37.8 Å². The van der Waals surface area contributed by atoms with Crippen LogP contribution in [-0.2, 0) is 4.74 Å². The quantitative estimate of drug-likeness (QED) is 0.808. The van der Waals surface area contributed by atoms with Gasteiger partial charge in [0, 0.05) is 25.4 Å². The van der Waals surface area contributed by atoms with Crippen LogP contribution in [0.25, 0.3) is 0 Å². The first-order valence-electron chi connectivity index (χ1n) is 5.78. The molecule has 0 atom stereocenters. The van der Waals surface area contributed by atoms with Crippen molar-refractivity contribution < 1.29 is 10.5 Å². The largest absolute Gasteiger partial charge is 0.381 e. The third-order valence-electron chi connectivity index (χ3n) is 3.42. The maximum Gasteiger partial charge on any atom is 0.311 e. The van der Waals surface area contributed by atoms with E-state index in [2.05, 4.69) is 5.73 Å². The van der Waals surface area contributed by atoms with Crippen molar-refractivity contribution in [3.8, 4) is 0 Å². The Balaban J connectivity index is 2.14. The van der Waals surface area contributed by atoms with Gasteiger partial charge in [-0.2, -0.15) is 0 Å². The van der Waals surface area contributed by atoms with Gasteiger partial charge in [0.05, 0.1) is 6.10 Å². The van der Waals surface area contributed by atoms with E-state index in [0.29, 0.717) is 17.8 Å². The molecular formula is C12H19N2O2+. The summed E-state index contributed by atoms with van der Waals surface area (Å²) in [7, 11) is 1.76. The van der Waals surface area contributed by atoms with Gasteiger partial charge in [-0.3, -0.25) is 4.79 Å². The van der Waals surface area contributed by atoms with Gasteiger partial charge in [-0.05, 0) is 31.7 Å². The smallest absolute Gasteiger partial charge is 0.311 e. The highest BCUT2D eigenvalue weighted by Gasteiger charge is 2.23. The molecule has 0 aromatic carbocycles. The Bertz CT molecular complexity index is 406. The maximum absolute atomic E-state index is 11.9. The first kappa shape index (κ1) is 11.4. The SMILES string of the molecule is COC1CCC(n2cccc([NH3+])c2=O)CC1. The van der Waals surface area contributed by atoms with Gasteiger partial charge in [0.15, 0.2) is 5.69 Å². The molecule has 1 saturated carbocycles. The number of rotatable bonds is 2. The van der Waals surface area contributed by atoms with Crippen LogP contribution in [0.15, 0.2) is 23.1 Å². The third kappa shape index (κ3) is 2.18. The van der Waals surface area contributed by atoms with E-state index >= 15 is 0 Å². The lowest BCUT2D eigenvalue weighted by atomic mass is 9.92. The second-order valence-electron chi connectivity index (χ2n) is 4.41. The highest BCUT2D eigenvalue weighted by Crippen LogP contribution is 2.28. The number of pyridine rings is 1. The van der Waals surface area contributed by atoms with Crippen molar-refractivity contribution in [1.29, 1.82) is 0 Å². The third-order valence-corrected chi connectivity index (χ3v) is 3.42. The summed E-state index contributed by atoms with van der Waals surface area (Å²) in [5.41, 5.74) is 4.37. The molecule has 1 aliphatic carbocycles. The Morgan fingerprint density at radius 3 is 2.69 bits per heavy atom. The molecule has 1 fully saturated rings. The first-order chi connectivity index (χ1) is 7.72. The maximum atomic E-state index is 11.9.